The fraction of sp³-hybridized carbons (Fsp3) is 0.167. The summed E-state index contributed by atoms with van der Waals surface area (Å²) >= 11 is 0. The van der Waals surface area contributed by atoms with Crippen molar-refractivity contribution in [3.8, 4) is 11.3 Å². The molecule has 0 saturated heterocycles. The predicted molar refractivity (Wildman–Crippen MR) is 57.7 cm³/mol. The van der Waals surface area contributed by atoms with Crippen molar-refractivity contribution in [2.75, 3.05) is 0 Å². The summed E-state index contributed by atoms with van der Waals surface area (Å²) in [6.45, 7) is 2.08. The third kappa shape index (κ3) is 1.95. The van der Waals surface area contributed by atoms with E-state index in [2.05, 4.69) is 17.1 Å². The van der Waals surface area contributed by atoms with Gasteiger partial charge in [0.25, 0.3) is 0 Å². The Labute approximate surface area is 92.9 Å². The Morgan fingerprint density at radius 1 is 1.38 bits per heavy atom. The van der Waals surface area contributed by atoms with Crippen molar-refractivity contribution >= 4 is 5.97 Å². The Morgan fingerprint density at radius 3 is 2.56 bits per heavy atom. The van der Waals surface area contributed by atoms with Crippen LogP contribution in [-0.4, -0.2) is 16.2 Å². The summed E-state index contributed by atoms with van der Waals surface area (Å²) in [6, 6.07) is 9.32. The third-order valence-corrected chi connectivity index (χ3v) is 2.46. The second-order valence-electron chi connectivity index (χ2n) is 3.50. The fourth-order valence-electron chi connectivity index (χ4n) is 1.49. The summed E-state index contributed by atoms with van der Waals surface area (Å²) in [5.41, 5.74) is 2.73. The lowest BCUT2D eigenvalue weighted by molar-refractivity contribution is -0.255. The van der Waals surface area contributed by atoms with Gasteiger partial charge in [0, 0.05) is 5.56 Å². The average Bonchev–Trinajstić information content (AvgIpc) is 2.78. The van der Waals surface area contributed by atoms with E-state index in [1.54, 1.807) is 0 Å². The standard InChI is InChI=1S/C12H12N2O2/c1-2-8-3-5-9(6-4-8)10-7-11(12(15)16)14-13-10/h3-7H,2H2,1H3,(H,13,14)(H,15,16)/p-1. The highest BCUT2D eigenvalue weighted by atomic mass is 16.4. The van der Waals surface area contributed by atoms with Crippen LogP contribution >= 0.6 is 0 Å². The molecule has 0 saturated carbocycles. The molecule has 1 heterocycles. The van der Waals surface area contributed by atoms with Crippen molar-refractivity contribution in [2.24, 2.45) is 0 Å². The van der Waals surface area contributed by atoms with Crippen molar-refractivity contribution in [3.63, 3.8) is 0 Å². The summed E-state index contributed by atoms with van der Waals surface area (Å²) in [5.74, 6) is -1.25. The van der Waals surface area contributed by atoms with E-state index in [0.29, 0.717) is 5.69 Å². The molecule has 1 N–H and O–H groups in total. The van der Waals surface area contributed by atoms with Crippen molar-refractivity contribution < 1.29 is 9.90 Å². The normalized spacial score (nSPS) is 10.3. The molecule has 1 aromatic heterocycles. The molecular formula is C12H11N2O2-. The number of hydrogen-bond donors (Lipinski definition) is 1. The lowest BCUT2D eigenvalue weighted by Crippen LogP contribution is -2.22. The first-order chi connectivity index (χ1) is 7.70. The number of aromatic nitrogens is 2. The van der Waals surface area contributed by atoms with E-state index < -0.39 is 5.97 Å². The highest BCUT2D eigenvalue weighted by Crippen LogP contribution is 2.18. The molecule has 4 nitrogen and oxygen atoms in total. The molecule has 0 aliphatic heterocycles. The number of aromatic carboxylic acids is 1. The molecule has 0 atom stereocenters. The first-order valence-corrected chi connectivity index (χ1v) is 5.06. The van der Waals surface area contributed by atoms with E-state index in [-0.39, 0.29) is 5.69 Å². The topological polar surface area (TPSA) is 68.8 Å². The molecule has 2 aromatic rings. The Kier molecular flexibility index (Phi) is 2.72. The van der Waals surface area contributed by atoms with Gasteiger partial charge < -0.3 is 9.90 Å². The number of nitrogens with zero attached hydrogens (tertiary/aromatic N) is 1. The Bertz CT molecular complexity index is 500. The zero-order valence-corrected chi connectivity index (χ0v) is 8.86. The number of carboxylic acids is 1. The second kappa shape index (κ2) is 4.18. The lowest BCUT2D eigenvalue weighted by Gasteiger charge is -1.98. The molecule has 2 rings (SSSR count). The zero-order chi connectivity index (χ0) is 11.5. The molecule has 82 valence electrons. The van der Waals surface area contributed by atoms with E-state index in [4.69, 9.17) is 0 Å². The largest absolute Gasteiger partial charge is 0.543 e. The van der Waals surface area contributed by atoms with E-state index >= 15 is 0 Å². The maximum absolute atomic E-state index is 10.6. The number of hydrogen-bond acceptors (Lipinski definition) is 3. The van der Waals surface area contributed by atoms with Crippen LogP contribution in [0.3, 0.4) is 0 Å². The van der Waals surface area contributed by atoms with E-state index in [1.165, 1.54) is 11.6 Å². The fourth-order valence-corrected chi connectivity index (χ4v) is 1.49. The van der Waals surface area contributed by atoms with Crippen LogP contribution in [0.4, 0.5) is 0 Å². The molecule has 0 spiro atoms. The van der Waals surface area contributed by atoms with E-state index in [0.717, 1.165) is 12.0 Å². The maximum Gasteiger partial charge on any atom is 0.0927 e. The van der Waals surface area contributed by atoms with E-state index in [9.17, 15) is 9.90 Å². The molecule has 0 bridgehead atoms. The SMILES string of the molecule is CCc1ccc(-c2cc(C(=O)[O-])[nH]n2)cc1. The molecule has 16 heavy (non-hydrogen) atoms. The molecule has 0 aliphatic rings. The monoisotopic (exact) mass is 215 g/mol. The molecule has 0 fully saturated rings. The summed E-state index contributed by atoms with van der Waals surface area (Å²) < 4.78 is 0. The van der Waals surface area contributed by atoms with Gasteiger partial charge in [0.15, 0.2) is 0 Å². The van der Waals surface area contributed by atoms with Gasteiger partial charge in [-0.05, 0) is 18.1 Å². The number of aromatic amines is 1. The number of H-pyrrole nitrogens is 1. The van der Waals surface area contributed by atoms with Gasteiger partial charge in [-0.25, -0.2) is 0 Å². The van der Waals surface area contributed by atoms with Crippen LogP contribution in [0.15, 0.2) is 30.3 Å². The van der Waals surface area contributed by atoms with Crippen LogP contribution in [0, 0.1) is 0 Å². The number of carboxylic acid groups (broad SMARTS) is 1. The molecule has 0 aliphatic carbocycles. The van der Waals surface area contributed by atoms with E-state index in [1.807, 2.05) is 24.3 Å². The van der Waals surface area contributed by atoms with Gasteiger partial charge in [0.05, 0.1) is 17.4 Å². The van der Waals surface area contributed by atoms with Crippen molar-refractivity contribution in [3.05, 3.63) is 41.6 Å². The first kappa shape index (κ1) is 10.4. The van der Waals surface area contributed by atoms with Gasteiger partial charge in [-0.2, -0.15) is 5.10 Å². The number of rotatable bonds is 3. The highest BCUT2D eigenvalue weighted by Gasteiger charge is 2.03. The quantitative estimate of drug-likeness (QED) is 0.830. The smallest absolute Gasteiger partial charge is 0.0927 e. The van der Waals surface area contributed by atoms with Crippen molar-refractivity contribution in [1.29, 1.82) is 0 Å². The van der Waals surface area contributed by atoms with Crippen LogP contribution in [0.2, 0.25) is 0 Å². The van der Waals surface area contributed by atoms with Crippen LogP contribution in [0.25, 0.3) is 11.3 Å². The molecule has 1 aromatic carbocycles. The molecule has 4 heteroatoms. The minimum atomic E-state index is -1.25. The van der Waals surface area contributed by atoms with Gasteiger partial charge in [-0.1, -0.05) is 31.2 Å². The number of carbonyl (C=O) groups is 1. The van der Waals surface area contributed by atoms with Gasteiger partial charge in [0.2, 0.25) is 0 Å². The van der Waals surface area contributed by atoms with Crippen LogP contribution in [0.1, 0.15) is 23.0 Å². The molecule has 0 radical (unpaired) electrons. The number of benzene rings is 1. The number of aryl methyl sites for hydroxylation is 1. The van der Waals surface area contributed by atoms with Crippen LogP contribution < -0.4 is 5.11 Å². The van der Waals surface area contributed by atoms with Gasteiger partial charge in [-0.15, -0.1) is 0 Å². The Balaban J connectivity index is 2.31. The molecule has 0 amide bonds. The minimum Gasteiger partial charge on any atom is -0.543 e. The Morgan fingerprint density at radius 2 is 2.06 bits per heavy atom. The third-order valence-electron chi connectivity index (χ3n) is 2.46. The summed E-state index contributed by atoms with van der Waals surface area (Å²) in [6.07, 6.45) is 0.977. The van der Waals surface area contributed by atoms with Gasteiger partial charge in [-0.3, -0.25) is 5.10 Å². The van der Waals surface area contributed by atoms with Gasteiger partial charge >= 0.3 is 0 Å². The van der Waals surface area contributed by atoms with Gasteiger partial charge in [0.1, 0.15) is 0 Å². The van der Waals surface area contributed by atoms with Crippen molar-refractivity contribution in [1.82, 2.24) is 10.2 Å². The van der Waals surface area contributed by atoms with Crippen LogP contribution in [0.5, 0.6) is 0 Å². The summed E-state index contributed by atoms with van der Waals surface area (Å²) in [4.78, 5) is 10.6. The maximum atomic E-state index is 10.6. The zero-order valence-electron chi connectivity index (χ0n) is 8.86. The molecular weight excluding hydrogens is 204 g/mol. The second-order valence-corrected chi connectivity index (χ2v) is 3.50. The van der Waals surface area contributed by atoms with Crippen molar-refractivity contribution in [2.45, 2.75) is 13.3 Å². The average molecular weight is 215 g/mol. The lowest BCUT2D eigenvalue weighted by atomic mass is 10.1. The first-order valence-electron chi connectivity index (χ1n) is 5.06. The minimum absolute atomic E-state index is 0.00503. The predicted octanol–water partition coefficient (Wildman–Crippen LogP) is 1.00. The number of carbonyl (C=O) groups excluding carboxylic acids is 1. The highest BCUT2D eigenvalue weighted by molar-refractivity contribution is 5.85. The Hall–Kier alpha value is -2.10. The van der Waals surface area contributed by atoms with Crippen LogP contribution in [-0.2, 0) is 6.42 Å². The summed E-state index contributed by atoms with van der Waals surface area (Å²) in [7, 11) is 0. The summed E-state index contributed by atoms with van der Waals surface area (Å²) in [5, 5.41) is 16.9. The molecule has 0 unspecified atom stereocenters. The number of nitrogens with one attached hydrogen (secondary N) is 1.